The molecule has 1 atom stereocenters. The van der Waals surface area contributed by atoms with Gasteiger partial charge in [0.2, 0.25) is 0 Å². The smallest absolute Gasteiger partial charge is 0.254 e. The van der Waals surface area contributed by atoms with Gasteiger partial charge in [-0.3, -0.25) is 9.78 Å². The number of furan rings is 1. The average Bonchev–Trinajstić information content (AvgIpc) is 2.82. The Morgan fingerprint density at radius 1 is 1.53 bits per heavy atom. The minimum absolute atomic E-state index is 0.0293. The third kappa shape index (κ3) is 2.50. The topological polar surface area (TPSA) is 55.1 Å². The quantitative estimate of drug-likeness (QED) is 0.886. The lowest BCUT2D eigenvalue weighted by Gasteiger charge is -2.11. The van der Waals surface area contributed by atoms with Gasteiger partial charge in [-0.1, -0.05) is 0 Å². The van der Waals surface area contributed by atoms with Crippen LogP contribution in [0.15, 0.2) is 41.3 Å². The summed E-state index contributed by atoms with van der Waals surface area (Å²) in [7, 11) is 0. The van der Waals surface area contributed by atoms with E-state index in [2.05, 4.69) is 10.3 Å². The fourth-order valence-electron chi connectivity index (χ4n) is 1.44. The molecule has 0 bridgehead atoms. The number of carbonyl (C=O) groups is 1. The van der Waals surface area contributed by atoms with Crippen LogP contribution in [-0.4, -0.2) is 10.9 Å². The van der Waals surface area contributed by atoms with Gasteiger partial charge in [0.25, 0.3) is 5.91 Å². The van der Waals surface area contributed by atoms with Crippen LogP contribution in [-0.2, 0) is 0 Å². The first kappa shape index (κ1) is 11.3. The molecule has 0 radical (unpaired) electrons. The Morgan fingerprint density at radius 3 is 3.00 bits per heavy atom. The second-order valence-electron chi connectivity index (χ2n) is 3.57. The number of aromatic nitrogens is 1. The van der Waals surface area contributed by atoms with E-state index in [4.69, 9.17) is 4.42 Å². The predicted octanol–water partition coefficient (Wildman–Crippen LogP) is 2.30. The minimum Gasteiger partial charge on any atom is -0.467 e. The number of nitrogens with one attached hydrogen (secondary N) is 1. The summed E-state index contributed by atoms with van der Waals surface area (Å²) in [5.74, 6) is -0.516. The molecule has 0 saturated carbocycles. The van der Waals surface area contributed by atoms with Crippen molar-refractivity contribution in [3.63, 3.8) is 0 Å². The maximum atomic E-state index is 13.3. The van der Waals surface area contributed by atoms with Crippen LogP contribution >= 0.6 is 0 Å². The number of rotatable bonds is 3. The molecule has 0 saturated heterocycles. The molecule has 2 rings (SSSR count). The van der Waals surface area contributed by atoms with Crippen molar-refractivity contribution < 1.29 is 13.6 Å². The molecule has 2 aromatic heterocycles. The Bertz CT molecular complexity index is 511. The molecule has 88 valence electrons. The zero-order valence-corrected chi connectivity index (χ0v) is 9.18. The first-order valence-electron chi connectivity index (χ1n) is 5.12. The second kappa shape index (κ2) is 4.78. The van der Waals surface area contributed by atoms with E-state index < -0.39 is 11.7 Å². The van der Waals surface area contributed by atoms with Crippen LogP contribution in [0, 0.1) is 5.82 Å². The Kier molecular flexibility index (Phi) is 3.18. The van der Waals surface area contributed by atoms with Gasteiger partial charge in [-0.2, -0.15) is 0 Å². The number of hydrogen-bond acceptors (Lipinski definition) is 3. The van der Waals surface area contributed by atoms with Crippen molar-refractivity contribution in [1.29, 1.82) is 0 Å². The number of halogens is 1. The largest absolute Gasteiger partial charge is 0.467 e. The van der Waals surface area contributed by atoms with Gasteiger partial charge in [0.05, 0.1) is 24.1 Å². The molecular weight excluding hydrogens is 223 g/mol. The van der Waals surface area contributed by atoms with Crippen LogP contribution in [0.4, 0.5) is 4.39 Å². The molecule has 4 nitrogen and oxygen atoms in total. The fourth-order valence-corrected chi connectivity index (χ4v) is 1.44. The van der Waals surface area contributed by atoms with Crippen LogP contribution in [0.25, 0.3) is 0 Å². The zero-order valence-electron chi connectivity index (χ0n) is 9.18. The van der Waals surface area contributed by atoms with Gasteiger partial charge in [-0.15, -0.1) is 0 Å². The predicted molar refractivity (Wildman–Crippen MR) is 58.8 cm³/mol. The van der Waals surface area contributed by atoms with Crippen LogP contribution in [0.1, 0.15) is 29.1 Å². The molecular formula is C12H11FN2O2. The highest BCUT2D eigenvalue weighted by Gasteiger charge is 2.16. The highest BCUT2D eigenvalue weighted by Crippen LogP contribution is 2.13. The lowest BCUT2D eigenvalue weighted by Crippen LogP contribution is -2.27. The van der Waals surface area contributed by atoms with Crippen LogP contribution < -0.4 is 5.32 Å². The standard InChI is InChI=1S/C12H11FN2O2/c1-8(11-3-2-6-17-11)15-12(16)9-4-5-14-7-10(9)13/h2-8H,1H3,(H,15,16). The summed E-state index contributed by atoms with van der Waals surface area (Å²) in [4.78, 5) is 15.3. The molecule has 0 aliphatic heterocycles. The van der Waals surface area contributed by atoms with E-state index >= 15 is 0 Å². The number of hydrogen-bond donors (Lipinski definition) is 1. The lowest BCUT2D eigenvalue weighted by molar-refractivity contribution is 0.0931. The van der Waals surface area contributed by atoms with Crippen LogP contribution in [0.5, 0.6) is 0 Å². The Morgan fingerprint density at radius 2 is 2.35 bits per heavy atom. The summed E-state index contributed by atoms with van der Waals surface area (Å²) in [6.45, 7) is 1.76. The normalized spacial score (nSPS) is 12.1. The van der Waals surface area contributed by atoms with Gasteiger partial charge >= 0.3 is 0 Å². The maximum absolute atomic E-state index is 13.3. The van der Waals surface area contributed by atoms with Gasteiger partial charge in [-0.05, 0) is 25.1 Å². The van der Waals surface area contributed by atoms with E-state index in [0.29, 0.717) is 5.76 Å². The molecule has 2 aromatic rings. The monoisotopic (exact) mass is 234 g/mol. The van der Waals surface area contributed by atoms with Crippen molar-refractivity contribution in [2.75, 3.05) is 0 Å². The minimum atomic E-state index is -0.642. The second-order valence-corrected chi connectivity index (χ2v) is 3.57. The number of nitrogens with zero attached hydrogens (tertiary/aromatic N) is 1. The third-order valence-electron chi connectivity index (χ3n) is 2.33. The van der Waals surface area contributed by atoms with Crippen molar-refractivity contribution >= 4 is 5.91 Å². The molecule has 0 aromatic carbocycles. The van der Waals surface area contributed by atoms with Gasteiger partial charge < -0.3 is 9.73 Å². The average molecular weight is 234 g/mol. The lowest BCUT2D eigenvalue weighted by atomic mass is 10.2. The molecule has 1 unspecified atom stereocenters. The molecule has 17 heavy (non-hydrogen) atoms. The summed E-state index contributed by atoms with van der Waals surface area (Å²) in [6.07, 6.45) is 3.90. The van der Waals surface area contributed by atoms with Gasteiger partial charge in [0.15, 0.2) is 5.82 Å². The van der Waals surface area contributed by atoms with E-state index in [9.17, 15) is 9.18 Å². The van der Waals surface area contributed by atoms with E-state index in [-0.39, 0.29) is 11.6 Å². The first-order chi connectivity index (χ1) is 8.18. The Hall–Kier alpha value is -2.17. The summed E-state index contributed by atoms with van der Waals surface area (Å²) >= 11 is 0. The van der Waals surface area contributed by atoms with Crippen molar-refractivity contribution in [2.24, 2.45) is 0 Å². The zero-order chi connectivity index (χ0) is 12.3. The summed E-state index contributed by atoms with van der Waals surface area (Å²) < 4.78 is 18.4. The van der Waals surface area contributed by atoms with E-state index in [1.54, 1.807) is 19.1 Å². The molecule has 2 heterocycles. The SMILES string of the molecule is CC(NC(=O)c1ccncc1F)c1ccco1. The van der Waals surface area contributed by atoms with Gasteiger partial charge in [0.1, 0.15) is 5.76 Å². The molecule has 0 fully saturated rings. The molecule has 0 aliphatic rings. The molecule has 5 heteroatoms. The van der Waals surface area contributed by atoms with E-state index in [1.165, 1.54) is 18.5 Å². The Balaban J connectivity index is 2.10. The molecule has 1 amide bonds. The first-order valence-corrected chi connectivity index (χ1v) is 5.12. The number of pyridine rings is 1. The van der Waals surface area contributed by atoms with Gasteiger partial charge in [0, 0.05) is 6.20 Å². The van der Waals surface area contributed by atoms with Crippen molar-refractivity contribution in [2.45, 2.75) is 13.0 Å². The van der Waals surface area contributed by atoms with Crippen molar-refractivity contribution in [1.82, 2.24) is 10.3 Å². The van der Waals surface area contributed by atoms with E-state index in [1.807, 2.05) is 0 Å². The van der Waals surface area contributed by atoms with Crippen molar-refractivity contribution in [3.05, 3.63) is 54.0 Å². The van der Waals surface area contributed by atoms with Crippen LogP contribution in [0.2, 0.25) is 0 Å². The molecule has 0 aliphatic carbocycles. The maximum Gasteiger partial charge on any atom is 0.254 e. The summed E-state index contributed by atoms with van der Waals surface area (Å²) in [6, 6.07) is 4.49. The number of carbonyl (C=O) groups excluding carboxylic acids is 1. The number of amides is 1. The van der Waals surface area contributed by atoms with Gasteiger partial charge in [-0.25, -0.2) is 4.39 Å². The Labute approximate surface area is 97.5 Å². The fraction of sp³-hybridized carbons (Fsp3) is 0.167. The molecule has 0 spiro atoms. The van der Waals surface area contributed by atoms with Crippen LogP contribution in [0.3, 0.4) is 0 Å². The van der Waals surface area contributed by atoms with E-state index in [0.717, 1.165) is 6.20 Å². The molecule has 1 N–H and O–H groups in total. The highest BCUT2D eigenvalue weighted by atomic mass is 19.1. The van der Waals surface area contributed by atoms with Crippen molar-refractivity contribution in [3.8, 4) is 0 Å². The highest BCUT2D eigenvalue weighted by molar-refractivity contribution is 5.94. The summed E-state index contributed by atoms with van der Waals surface area (Å²) in [5, 5.41) is 2.64. The third-order valence-corrected chi connectivity index (χ3v) is 2.33. The summed E-state index contributed by atoms with van der Waals surface area (Å²) in [5.41, 5.74) is -0.0293.